The normalized spacial score (nSPS) is 13.9. The zero-order valence-corrected chi connectivity index (χ0v) is 16.3. The van der Waals surface area contributed by atoms with Gasteiger partial charge in [-0.2, -0.15) is 0 Å². The SMILES string of the molecule is c1cc(-c2ccnc(Nc3ccc(-n4ccnn4)cc3)n2)cc(N2CCOCC2)c1. The molecule has 0 radical (unpaired) electrons. The van der Waals surface area contributed by atoms with Gasteiger partial charge in [0, 0.05) is 36.2 Å². The highest BCUT2D eigenvalue weighted by molar-refractivity contribution is 5.67. The third-order valence-electron chi connectivity index (χ3n) is 4.98. The second-order valence-corrected chi connectivity index (χ2v) is 6.93. The lowest BCUT2D eigenvalue weighted by atomic mass is 10.1. The molecule has 1 fully saturated rings. The summed E-state index contributed by atoms with van der Waals surface area (Å²) < 4.78 is 7.17. The van der Waals surface area contributed by atoms with Gasteiger partial charge in [-0.3, -0.25) is 0 Å². The van der Waals surface area contributed by atoms with Gasteiger partial charge in [0.25, 0.3) is 0 Å². The van der Waals surface area contributed by atoms with Crippen molar-refractivity contribution in [3.8, 4) is 16.9 Å². The Balaban J connectivity index is 1.34. The van der Waals surface area contributed by atoms with Gasteiger partial charge < -0.3 is 15.0 Å². The summed E-state index contributed by atoms with van der Waals surface area (Å²) in [6, 6.07) is 18.2. The number of rotatable bonds is 5. The van der Waals surface area contributed by atoms with E-state index in [2.05, 4.69) is 49.8 Å². The molecule has 5 rings (SSSR count). The molecule has 30 heavy (non-hydrogen) atoms. The van der Waals surface area contributed by atoms with E-state index in [-0.39, 0.29) is 0 Å². The number of ether oxygens (including phenoxy) is 1. The minimum absolute atomic E-state index is 0.554. The van der Waals surface area contributed by atoms with Crippen molar-refractivity contribution in [3.63, 3.8) is 0 Å². The molecular weight excluding hydrogens is 378 g/mol. The molecular formula is C22H21N7O. The van der Waals surface area contributed by atoms with Crippen LogP contribution in [0, 0.1) is 0 Å². The van der Waals surface area contributed by atoms with E-state index in [4.69, 9.17) is 9.72 Å². The highest BCUT2D eigenvalue weighted by atomic mass is 16.5. The van der Waals surface area contributed by atoms with Crippen molar-refractivity contribution in [1.82, 2.24) is 25.0 Å². The summed E-state index contributed by atoms with van der Waals surface area (Å²) in [7, 11) is 0. The molecule has 150 valence electrons. The fourth-order valence-electron chi connectivity index (χ4n) is 3.44. The fraction of sp³-hybridized carbons (Fsp3) is 0.182. The summed E-state index contributed by atoms with van der Waals surface area (Å²) in [6.07, 6.45) is 5.23. The van der Waals surface area contributed by atoms with Gasteiger partial charge in [-0.25, -0.2) is 14.6 Å². The Hall–Kier alpha value is -3.78. The zero-order valence-electron chi connectivity index (χ0n) is 16.3. The minimum Gasteiger partial charge on any atom is -0.378 e. The van der Waals surface area contributed by atoms with Gasteiger partial charge in [0.05, 0.1) is 37.0 Å². The van der Waals surface area contributed by atoms with Gasteiger partial charge in [-0.05, 0) is 42.5 Å². The van der Waals surface area contributed by atoms with E-state index in [1.807, 2.05) is 30.3 Å². The Bertz CT molecular complexity index is 1110. The second kappa shape index (κ2) is 8.30. The van der Waals surface area contributed by atoms with Gasteiger partial charge in [0.15, 0.2) is 0 Å². The predicted molar refractivity (Wildman–Crippen MR) is 115 cm³/mol. The Morgan fingerprint density at radius 2 is 1.77 bits per heavy atom. The first kappa shape index (κ1) is 18.3. The molecule has 0 bridgehead atoms. The second-order valence-electron chi connectivity index (χ2n) is 6.93. The summed E-state index contributed by atoms with van der Waals surface area (Å²) in [5.74, 6) is 0.554. The zero-order chi connectivity index (χ0) is 20.2. The van der Waals surface area contributed by atoms with Crippen LogP contribution >= 0.6 is 0 Å². The summed E-state index contributed by atoms with van der Waals surface area (Å²) >= 11 is 0. The molecule has 8 nitrogen and oxygen atoms in total. The molecule has 1 N–H and O–H groups in total. The van der Waals surface area contributed by atoms with Gasteiger partial charge >= 0.3 is 0 Å². The molecule has 2 aromatic heterocycles. The maximum atomic E-state index is 5.46. The molecule has 0 saturated carbocycles. The summed E-state index contributed by atoms with van der Waals surface area (Å²) in [5, 5.41) is 11.1. The standard InChI is InChI=1S/C22H21N7O/c1-2-17(16-20(3-1)28-12-14-30-15-13-28)21-8-9-23-22(26-21)25-18-4-6-19(7-5-18)29-11-10-24-27-29/h1-11,16H,12-15H2,(H,23,25,26). The number of hydrogen-bond acceptors (Lipinski definition) is 7. The molecule has 1 aliphatic heterocycles. The van der Waals surface area contributed by atoms with Crippen LogP contribution in [0.5, 0.6) is 0 Å². The molecule has 0 amide bonds. The van der Waals surface area contributed by atoms with E-state index in [0.717, 1.165) is 48.9 Å². The van der Waals surface area contributed by atoms with Crippen LogP contribution in [0.2, 0.25) is 0 Å². The highest BCUT2D eigenvalue weighted by Gasteiger charge is 2.12. The lowest BCUT2D eigenvalue weighted by Gasteiger charge is -2.29. The van der Waals surface area contributed by atoms with E-state index < -0.39 is 0 Å². The van der Waals surface area contributed by atoms with Crippen LogP contribution in [-0.4, -0.2) is 51.3 Å². The molecule has 1 saturated heterocycles. The van der Waals surface area contributed by atoms with Gasteiger partial charge in [0.1, 0.15) is 0 Å². The largest absolute Gasteiger partial charge is 0.378 e. The Labute approximate surface area is 174 Å². The van der Waals surface area contributed by atoms with E-state index in [1.165, 1.54) is 5.69 Å². The van der Waals surface area contributed by atoms with Crippen molar-refractivity contribution in [2.24, 2.45) is 0 Å². The number of morpholine rings is 1. The van der Waals surface area contributed by atoms with Crippen molar-refractivity contribution in [3.05, 3.63) is 73.2 Å². The number of nitrogens with one attached hydrogen (secondary N) is 1. The number of benzene rings is 2. The van der Waals surface area contributed by atoms with Crippen LogP contribution in [0.4, 0.5) is 17.3 Å². The highest BCUT2D eigenvalue weighted by Crippen LogP contribution is 2.25. The van der Waals surface area contributed by atoms with Crippen LogP contribution < -0.4 is 10.2 Å². The van der Waals surface area contributed by atoms with Crippen molar-refractivity contribution in [2.75, 3.05) is 36.5 Å². The topological polar surface area (TPSA) is 81.0 Å². The quantitative estimate of drug-likeness (QED) is 0.551. The monoisotopic (exact) mass is 399 g/mol. The maximum Gasteiger partial charge on any atom is 0.227 e. The molecule has 8 heteroatoms. The predicted octanol–water partition coefficient (Wildman–Crippen LogP) is 3.30. The van der Waals surface area contributed by atoms with E-state index >= 15 is 0 Å². The van der Waals surface area contributed by atoms with E-state index in [0.29, 0.717) is 5.95 Å². The fourth-order valence-corrected chi connectivity index (χ4v) is 3.44. The van der Waals surface area contributed by atoms with Crippen LogP contribution in [0.1, 0.15) is 0 Å². The molecule has 0 atom stereocenters. The third kappa shape index (κ3) is 3.99. The van der Waals surface area contributed by atoms with Crippen LogP contribution in [0.3, 0.4) is 0 Å². The summed E-state index contributed by atoms with van der Waals surface area (Å²) in [6.45, 7) is 3.35. The van der Waals surface area contributed by atoms with E-state index in [9.17, 15) is 0 Å². The first-order valence-electron chi connectivity index (χ1n) is 9.85. The number of anilines is 3. The van der Waals surface area contributed by atoms with Crippen molar-refractivity contribution in [2.45, 2.75) is 0 Å². The summed E-state index contributed by atoms with van der Waals surface area (Å²) in [4.78, 5) is 11.4. The van der Waals surface area contributed by atoms with Crippen molar-refractivity contribution in [1.29, 1.82) is 0 Å². The van der Waals surface area contributed by atoms with Crippen molar-refractivity contribution >= 4 is 17.3 Å². The first-order valence-corrected chi connectivity index (χ1v) is 9.85. The number of nitrogens with zero attached hydrogens (tertiary/aromatic N) is 6. The Morgan fingerprint density at radius 1 is 0.900 bits per heavy atom. The van der Waals surface area contributed by atoms with Crippen LogP contribution in [0.25, 0.3) is 16.9 Å². The first-order chi connectivity index (χ1) is 14.8. The minimum atomic E-state index is 0.554. The number of hydrogen-bond donors (Lipinski definition) is 1. The lowest BCUT2D eigenvalue weighted by molar-refractivity contribution is 0.122. The smallest absolute Gasteiger partial charge is 0.227 e. The molecule has 3 heterocycles. The molecule has 0 aliphatic carbocycles. The molecule has 0 unspecified atom stereocenters. The lowest BCUT2D eigenvalue weighted by Crippen LogP contribution is -2.36. The third-order valence-corrected chi connectivity index (χ3v) is 4.98. The molecule has 1 aliphatic rings. The van der Waals surface area contributed by atoms with Crippen LogP contribution in [0.15, 0.2) is 73.2 Å². The Morgan fingerprint density at radius 3 is 2.57 bits per heavy atom. The maximum absolute atomic E-state index is 5.46. The van der Waals surface area contributed by atoms with Gasteiger partial charge in [-0.1, -0.05) is 17.3 Å². The molecule has 0 spiro atoms. The molecule has 2 aromatic carbocycles. The van der Waals surface area contributed by atoms with E-state index in [1.54, 1.807) is 23.3 Å². The molecule has 4 aromatic rings. The Kier molecular flexibility index (Phi) is 5.05. The van der Waals surface area contributed by atoms with Gasteiger partial charge in [0.2, 0.25) is 5.95 Å². The average molecular weight is 399 g/mol. The van der Waals surface area contributed by atoms with Gasteiger partial charge in [-0.15, -0.1) is 5.10 Å². The average Bonchev–Trinajstić information content (AvgIpc) is 3.36. The number of aromatic nitrogens is 5. The van der Waals surface area contributed by atoms with Crippen molar-refractivity contribution < 1.29 is 4.74 Å². The summed E-state index contributed by atoms with van der Waals surface area (Å²) in [5.41, 5.74) is 4.96. The van der Waals surface area contributed by atoms with Crippen LogP contribution in [-0.2, 0) is 4.74 Å².